The SMILES string of the molecule is CNCCC(O)C(O)c1ccc(N2CCOCC2)cc1. The summed E-state index contributed by atoms with van der Waals surface area (Å²) in [5, 5.41) is 23.0. The lowest BCUT2D eigenvalue weighted by Crippen LogP contribution is -2.36. The fourth-order valence-corrected chi connectivity index (χ4v) is 2.38. The second-order valence-electron chi connectivity index (χ2n) is 5.10. The molecule has 0 saturated carbocycles. The number of rotatable bonds is 6. The molecule has 1 saturated heterocycles. The first-order valence-corrected chi connectivity index (χ1v) is 7.15. The Balaban J connectivity index is 1.96. The molecule has 1 fully saturated rings. The fraction of sp³-hybridized carbons (Fsp3) is 0.600. The first-order chi connectivity index (χ1) is 9.72. The quantitative estimate of drug-likeness (QED) is 0.709. The van der Waals surface area contributed by atoms with E-state index in [1.165, 1.54) is 0 Å². The largest absolute Gasteiger partial charge is 0.390 e. The van der Waals surface area contributed by atoms with Crippen molar-refractivity contribution >= 4 is 5.69 Å². The van der Waals surface area contributed by atoms with Crippen molar-refractivity contribution < 1.29 is 14.9 Å². The van der Waals surface area contributed by atoms with Gasteiger partial charge in [0.05, 0.1) is 19.3 Å². The number of aliphatic hydroxyl groups excluding tert-OH is 2. The lowest BCUT2D eigenvalue weighted by atomic mass is 10.0. The monoisotopic (exact) mass is 280 g/mol. The Morgan fingerprint density at radius 2 is 1.85 bits per heavy atom. The summed E-state index contributed by atoms with van der Waals surface area (Å²) in [6.45, 7) is 3.99. The van der Waals surface area contributed by atoms with Gasteiger partial charge in [0, 0.05) is 18.8 Å². The van der Waals surface area contributed by atoms with E-state index in [-0.39, 0.29) is 0 Å². The van der Waals surface area contributed by atoms with Gasteiger partial charge in [-0.25, -0.2) is 0 Å². The first-order valence-electron chi connectivity index (χ1n) is 7.15. The van der Waals surface area contributed by atoms with E-state index in [1.807, 2.05) is 31.3 Å². The summed E-state index contributed by atoms with van der Waals surface area (Å²) < 4.78 is 5.33. The van der Waals surface area contributed by atoms with E-state index in [9.17, 15) is 10.2 Å². The fourth-order valence-electron chi connectivity index (χ4n) is 2.38. The average molecular weight is 280 g/mol. The van der Waals surface area contributed by atoms with E-state index in [0.717, 1.165) is 37.6 Å². The number of benzene rings is 1. The summed E-state index contributed by atoms with van der Waals surface area (Å²) in [4.78, 5) is 2.26. The lowest BCUT2D eigenvalue weighted by molar-refractivity contribution is 0.0140. The first kappa shape index (κ1) is 15.3. The van der Waals surface area contributed by atoms with Gasteiger partial charge < -0.3 is 25.2 Å². The van der Waals surface area contributed by atoms with Crippen LogP contribution in [0.25, 0.3) is 0 Å². The van der Waals surface area contributed by atoms with E-state index in [4.69, 9.17) is 4.74 Å². The number of hydrogen-bond acceptors (Lipinski definition) is 5. The number of nitrogens with zero attached hydrogens (tertiary/aromatic N) is 1. The normalized spacial score (nSPS) is 18.9. The highest BCUT2D eigenvalue weighted by molar-refractivity contribution is 5.48. The van der Waals surface area contributed by atoms with Crippen LogP contribution in [0.2, 0.25) is 0 Å². The number of anilines is 1. The van der Waals surface area contributed by atoms with Gasteiger partial charge >= 0.3 is 0 Å². The van der Waals surface area contributed by atoms with Crippen molar-refractivity contribution in [1.29, 1.82) is 0 Å². The van der Waals surface area contributed by atoms with Gasteiger partial charge in [0.1, 0.15) is 6.10 Å². The summed E-state index contributed by atoms with van der Waals surface area (Å²) >= 11 is 0. The van der Waals surface area contributed by atoms with Crippen LogP contribution < -0.4 is 10.2 Å². The minimum absolute atomic E-state index is 0.531. The van der Waals surface area contributed by atoms with Crippen LogP contribution in [0, 0.1) is 0 Å². The van der Waals surface area contributed by atoms with Crippen LogP contribution in [0.1, 0.15) is 18.1 Å². The van der Waals surface area contributed by atoms with Crippen LogP contribution in [-0.2, 0) is 4.74 Å². The van der Waals surface area contributed by atoms with Gasteiger partial charge in [0.2, 0.25) is 0 Å². The van der Waals surface area contributed by atoms with Crippen molar-refractivity contribution in [3.63, 3.8) is 0 Å². The number of hydrogen-bond donors (Lipinski definition) is 3. The highest BCUT2D eigenvalue weighted by Crippen LogP contribution is 2.23. The van der Waals surface area contributed by atoms with Crippen LogP contribution >= 0.6 is 0 Å². The molecule has 3 N–H and O–H groups in total. The molecule has 1 aromatic carbocycles. The van der Waals surface area contributed by atoms with Gasteiger partial charge in [-0.3, -0.25) is 0 Å². The smallest absolute Gasteiger partial charge is 0.105 e. The molecule has 0 aliphatic carbocycles. The van der Waals surface area contributed by atoms with Crippen molar-refractivity contribution in [2.45, 2.75) is 18.6 Å². The number of nitrogens with one attached hydrogen (secondary N) is 1. The van der Waals surface area contributed by atoms with Crippen molar-refractivity contribution in [3.8, 4) is 0 Å². The Morgan fingerprint density at radius 1 is 1.20 bits per heavy atom. The summed E-state index contributed by atoms with van der Waals surface area (Å²) in [5.41, 5.74) is 1.89. The standard InChI is InChI=1S/C15H24N2O3/c1-16-7-6-14(18)15(19)12-2-4-13(5-3-12)17-8-10-20-11-9-17/h2-5,14-16,18-19H,6-11H2,1H3. The minimum Gasteiger partial charge on any atom is -0.390 e. The molecular formula is C15H24N2O3. The molecule has 112 valence electrons. The highest BCUT2D eigenvalue weighted by Gasteiger charge is 2.18. The molecule has 0 aromatic heterocycles. The highest BCUT2D eigenvalue weighted by atomic mass is 16.5. The van der Waals surface area contributed by atoms with E-state index >= 15 is 0 Å². The minimum atomic E-state index is -0.831. The maximum atomic E-state index is 10.1. The zero-order chi connectivity index (χ0) is 14.4. The molecule has 0 bridgehead atoms. The van der Waals surface area contributed by atoms with E-state index in [2.05, 4.69) is 10.2 Å². The summed E-state index contributed by atoms with van der Waals surface area (Å²) in [6, 6.07) is 7.76. The molecule has 2 rings (SSSR count). The lowest BCUT2D eigenvalue weighted by Gasteiger charge is -2.29. The van der Waals surface area contributed by atoms with Crippen molar-refractivity contribution in [2.75, 3.05) is 44.8 Å². The van der Waals surface area contributed by atoms with Crippen molar-refractivity contribution in [1.82, 2.24) is 5.32 Å². The van der Waals surface area contributed by atoms with Crippen LogP contribution in [0.4, 0.5) is 5.69 Å². The number of aliphatic hydroxyl groups is 2. The zero-order valence-electron chi connectivity index (χ0n) is 12.0. The third-order valence-electron chi connectivity index (χ3n) is 3.67. The second kappa shape index (κ2) is 7.59. The third kappa shape index (κ3) is 3.93. The molecule has 20 heavy (non-hydrogen) atoms. The van der Waals surface area contributed by atoms with Crippen molar-refractivity contribution in [2.24, 2.45) is 0 Å². The second-order valence-corrected chi connectivity index (χ2v) is 5.10. The van der Waals surface area contributed by atoms with Gasteiger partial charge in [-0.1, -0.05) is 12.1 Å². The van der Waals surface area contributed by atoms with Gasteiger partial charge in [-0.05, 0) is 37.7 Å². The molecule has 0 radical (unpaired) electrons. The van der Waals surface area contributed by atoms with Gasteiger partial charge in [-0.2, -0.15) is 0 Å². The van der Waals surface area contributed by atoms with Crippen LogP contribution in [-0.4, -0.2) is 56.2 Å². The average Bonchev–Trinajstić information content (AvgIpc) is 2.53. The topological polar surface area (TPSA) is 65.0 Å². The predicted molar refractivity (Wildman–Crippen MR) is 79.0 cm³/mol. The Morgan fingerprint density at radius 3 is 2.45 bits per heavy atom. The molecule has 1 aliphatic rings. The predicted octanol–water partition coefficient (Wildman–Crippen LogP) is 0.527. The van der Waals surface area contributed by atoms with Crippen LogP contribution in [0.5, 0.6) is 0 Å². The Labute approximate surface area is 120 Å². The van der Waals surface area contributed by atoms with Crippen LogP contribution in [0.15, 0.2) is 24.3 Å². The van der Waals surface area contributed by atoms with Crippen LogP contribution in [0.3, 0.4) is 0 Å². The maximum Gasteiger partial charge on any atom is 0.105 e. The number of morpholine rings is 1. The molecule has 1 aromatic rings. The molecule has 1 aliphatic heterocycles. The molecule has 0 amide bonds. The third-order valence-corrected chi connectivity index (χ3v) is 3.67. The van der Waals surface area contributed by atoms with E-state index < -0.39 is 12.2 Å². The number of ether oxygens (including phenoxy) is 1. The molecular weight excluding hydrogens is 256 g/mol. The summed E-state index contributed by atoms with van der Waals surface area (Å²) in [5.74, 6) is 0. The van der Waals surface area contributed by atoms with Gasteiger partial charge in [0.25, 0.3) is 0 Å². The molecule has 0 spiro atoms. The van der Waals surface area contributed by atoms with E-state index in [0.29, 0.717) is 13.0 Å². The van der Waals surface area contributed by atoms with Gasteiger partial charge in [-0.15, -0.1) is 0 Å². The van der Waals surface area contributed by atoms with Gasteiger partial charge in [0.15, 0.2) is 0 Å². The molecule has 2 unspecified atom stereocenters. The summed E-state index contributed by atoms with van der Waals surface area (Å²) in [6.07, 6.45) is -1.04. The maximum absolute atomic E-state index is 10.1. The van der Waals surface area contributed by atoms with E-state index in [1.54, 1.807) is 0 Å². The van der Waals surface area contributed by atoms with Crippen molar-refractivity contribution in [3.05, 3.63) is 29.8 Å². The Kier molecular flexibility index (Phi) is 5.79. The molecule has 2 atom stereocenters. The Bertz CT molecular complexity index is 391. The summed E-state index contributed by atoms with van der Waals surface area (Å²) in [7, 11) is 1.83. The molecule has 1 heterocycles. The zero-order valence-corrected chi connectivity index (χ0v) is 12.0. The Hall–Kier alpha value is -1.14. The molecule has 5 heteroatoms. The molecule has 5 nitrogen and oxygen atoms in total.